The van der Waals surface area contributed by atoms with Crippen LogP contribution in [0.4, 0.5) is 5.69 Å². The van der Waals surface area contributed by atoms with Crippen molar-refractivity contribution in [3.8, 4) is 11.5 Å². The molecule has 5 heteroatoms. The fourth-order valence-electron chi connectivity index (χ4n) is 2.74. The van der Waals surface area contributed by atoms with E-state index in [1.165, 1.54) is 11.1 Å². The Morgan fingerprint density at radius 3 is 2.31 bits per heavy atom. The van der Waals surface area contributed by atoms with Gasteiger partial charge in [-0.25, -0.2) is 0 Å². The van der Waals surface area contributed by atoms with E-state index in [2.05, 4.69) is 25.2 Å². The minimum Gasteiger partial charge on any atom is -0.497 e. The van der Waals surface area contributed by atoms with Gasteiger partial charge < -0.3 is 14.8 Å². The van der Waals surface area contributed by atoms with Gasteiger partial charge in [-0.05, 0) is 74.8 Å². The van der Waals surface area contributed by atoms with Crippen LogP contribution in [0.15, 0.2) is 42.5 Å². The van der Waals surface area contributed by atoms with Crippen molar-refractivity contribution in [1.29, 1.82) is 0 Å². The average molecular weight is 356 g/mol. The maximum atomic E-state index is 12.1. The number of hydrogen-bond acceptors (Lipinski definition) is 4. The molecule has 0 aliphatic carbocycles. The largest absolute Gasteiger partial charge is 0.497 e. The molecular formula is C21H28N2O3. The number of nitrogens with one attached hydrogen (secondary N) is 1. The molecule has 1 N–H and O–H groups in total. The van der Waals surface area contributed by atoms with Gasteiger partial charge in [0.1, 0.15) is 11.5 Å². The van der Waals surface area contributed by atoms with Gasteiger partial charge in [-0.15, -0.1) is 0 Å². The second-order valence-electron chi connectivity index (χ2n) is 6.54. The maximum absolute atomic E-state index is 12.1. The zero-order chi connectivity index (χ0) is 18.9. The molecule has 0 spiro atoms. The minimum atomic E-state index is -0.0344. The van der Waals surface area contributed by atoms with Crippen LogP contribution in [-0.2, 0) is 4.79 Å². The van der Waals surface area contributed by atoms with E-state index in [0.717, 1.165) is 30.2 Å². The van der Waals surface area contributed by atoms with Crippen molar-refractivity contribution in [2.45, 2.75) is 20.3 Å². The highest BCUT2D eigenvalue weighted by atomic mass is 16.5. The molecule has 26 heavy (non-hydrogen) atoms. The van der Waals surface area contributed by atoms with Crippen LogP contribution >= 0.6 is 0 Å². The Hall–Kier alpha value is -2.53. The fourth-order valence-corrected chi connectivity index (χ4v) is 2.74. The monoisotopic (exact) mass is 356 g/mol. The van der Waals surface area contributed by atoms with Crippen LogP contribution in [0, 0.1) is 13.8 Å². The average Bonchev–Trinajstić information content (AvgIpc) is 2.58. The van der Waals surface area contributed by atoms with Crippen LogP contribution < -0.4 is 14.8 Å². The number of rotatable bonds is 9. The lowest BCUT2D eigenvalue weighted by Gasteiger charge is -2.16. The number of carbonyl (C=O) groups is 1. The first kappa shape index (κ1) is 19.8. The molecule has 1 amide bonds. The third kappa shape index (κ3) is 6.76. The third-order valence-electron chi connectivity index (χ3n) is 3.94. The number of carbonyl (C=O) groups excluding carboxylic acids is 1. The lowest BCUT2D eigenvalue weighted by Crippen LogP contribution is -2.31. The quantitative estimate of drug-likeness (QED) is 0.697. The van der Waals surface area contributed by atoms with Crippen molar-refractivity contribution in [2.24, 2.45) is 0 Å². The summed E-state index contributed by atoms with van der Waals surface area (Å²) in [5.74, 6) is 1.64. The number of nitrogens with zero attached hydrogens (tertiary/aromatic N) is 1. The first-order valence-electron chi connectivity index (χ1n) is 8.80. The molecule has 0 heterocycles. The van der Waals surface area contributed by atoms with Gasteiger partial charge >= 0.3 is 0 Å². The van der Waals surface area contributed by atoms with Crippen molar-refractivity contribution in [3.63, 3.8) is 0 Å². The second kappa shape index (κ2) is 9.82. The molecule has 0 saturated heterocycles. The van der Waals surface area contributed by atoms with E-state index in [1.807, 2.05) is 48.3 Å². The highest BCUT2D eigenvalue weighted by molar-refractivity contribution is 5.92. The Balaban J connectivity index is 1.67. The van der Waals surface area contributed by atoms with Crippen molar-refractivity contribution in [1.82, 2.24) is 4.90 Å². The number of methoxy groups -OCH3 is 1. The number of benzene rings is 2. The third-order valence-corrected chi connectivity index (χ3v) is 3.94. The molecule has 140 valence electrons. The Labute approximate surface area is 155 Å². The van der Waals surface area contributed by atoms with Gasteiger partial charge in [-0.1, -0.05) is 6.07 Å². The van der Waals surface area contributed by atoms with Gasteiger partial charge in [-0.2, -0.15) is 0 Å². The molecule has 0 aromatic heterocycles. The summed E-state index contributed by atoms with van der Waals surface area (Å²) in [5.41, 5.74) is 3.17. The number of amides is 1. The zero-order valence-electron chi connectivity index (χ0n) is 16.0. The Kier molecular flexibility index (Phi) is 7.48. The smallest absolute Gasteiger partial charge is 0.238 e. The molecule has 0 aliphatic heterocycles. The summed E-state index contributed by atoms with van der Waals surface area (Å²) in [6.45, 7) is 5.90. The second-order valence-corrected chi connectivity index (χ2v) is 6.54. The predicted octanol–water partition coefficient (Wildman–Crippen LogP) is 3.65. The fraction of sp³-hybridized carbons (Fsp3) is 0.381. The molecule has 2 aromatic carbocycles. The molecular weight excluding hydrogens is 328 g/mol. The van der Waals surface area contributed by atoms with Gasteiger partial charge in [0.15, 0.2) is 0 Å². The van der Waals surface area contributed by atoms with Crippen molar-refractivity contribution < 1.29 is 14.3 Å². The van der Waals surface area contributed by atoms with Gasteiger partial charge in [0.05, 0.1) is 20.3 Å². The van der Waals surface area contributed by atoms with Crippen LogP contribution in [0.5, 0.6) is 11.5 Å². The molecule has 0 unspecified atom stereocenters. The van der Waals surface area contributed by atoms with Crippen LogP contribution in [-0.4, -0.2) is 44.7 Å². The van der Waals surface area contributed by atoms with Gasteiger partial charge in [0.25, 0.3) is 0 Å². The Morgan fingerprint density at radius 2 is 1.69 bits per heavy atom. The lowest BCUT2D eigenvalue weighted by atomic mass is 10.1. The number of likely N-dealkylation sites (N-methyl/N-ethyl adjacent to an activating group) is 1. The van der Waals surface area contributed by atoms with E-state index in [0.29, 0.717) is 13.2 Å². The minimum absolute atomic E-state index is 0.0344. The molecule has 0 bridgehead atoms. The van der Waals surface area contributed by atoms with Crippen molar-refractivity contribution in [3.05, 3.63) is 53.6 Å². The molecule has 5 nitrogen and oxygen atoms in total. The standard InChI is InChI=1S/C21H28N2O3/c1-16-12-17(2)14-20(13-16)26-11-5-10-23(3)15-21(24)22-18-6-8-19(25-4)9-7-18/h6-9,12-14H,5,10-11,15H2,1-4H3,(H,22,24). The Bertz CT molecular complexity index is 693. The first-order valence-corrected chi connectivity index (χ1v) is 8.80. The van der Waals surface area contributed by atoms with Crippen LogP contribution in [0.1, 0.15) is 17.5 Å². The maximum Gasteiger partial charge on any atom is 0.238 e. The normalized spacial score (nSPS) is 10.7. The molecule has 2 aromatic rings. The number of anilines is 1. The van der Waals surface area contributed by atoms with E-state index >= 15 is 0 Å². The number of hydrogen-bond donors (Lipinski definition) is 1. The van der Waals surface area contributed by atoms with Crippen molar-refractivity contribution in [2.75, 3.05) is 39.2 Å². The number of aryl methyl sites for hydroxylation is 2. The van der Waals surface area contributed by atoms with Crippen LogP contribution in [0.2, 0.25) is 0 Å². The molecule has 0 aliphatic rings. The SMILES string of the molecule is COc1ccc(NC(=O)CN(C)CCCOc2cc(C)cc(C)c2)cc1. The molecule has 0 saturated carbocycles. The molecule has 0 atom stereocenters. The lowest BCUT2D eigenvalue weighted by molar-refractivity contribution is -0.117. The summed E-state index contributed by atoms with van der Waals surface area (Å²) < 4.78 is 10.9. The number of ether oxygens (including phenoxy) is 2. The first-order chi connectivity index (χ1) is 12.5. The topological polar surface area (TPSA) is 50.8 Å². The summed E-state index contributed by atoms with van der Waals surface area (Å²) in [6.07, 6.45) is 0.860. The van der Waals surface area contributed by atoms with Crippen molar-refractivity contribution >= 4 is 11.6 Å². The van der Waals surface area contributed by atoms with E-state index in [1.54, 1.807) is 7.11 Å². The van der Waals surface area contributed by atoms with Gasteiger partial charge in [0, 0.05) is 12.2 Å². The summed E-state index contributed by atoms with van der Waals surface area (Å²) in [4.78, 5) is 14.1. The predicted molar refractivity (Wildman–Crippen MR) is 105 cm³/mol. The molecule has 0 fully saturated rings. The Morgan fingerprint density at radius 1 is 1.04 bits per heavy atom. The zero-order valence-corrected chi connectivity index (χ0v) is 16.0. The van der Waals surface area contributed by atoms with E-state index < -0.39 is 0 Å². The van der Waals surface area contributed by atoms with E-state index in [-0.39, 0.29) is 5.91 Å². The summed E-state index contributed by atoms with van der Waals surface area (Å²) >= 11 is 0. The highest BCUT2D eigenvalue weighted by Crippen LogP contribution is 2.16. The van der Waals surface area contributed by atoms with E-state index in [4.69, 9.17) is 9.47 Å². The summed E-state index contributed by atoms with van der Waals surface area (Å²) in [5, 5.41) is 2.89. The van der Waals surface area contributed by atoms with Gasteiger partial charge in [0.2, 0.25) is 5.91 Å². The summed E-state index contributed by atoms with van der Waals surface area (Å²) in [7, 11) is 3.55. The van der Waals surface area contributed by atoms with Gasteiger partial charge in [-0.3, -0.25) is 9.69 Å². The molecule has 0 radical (unpaired) electrons. The summed E-state index contributed by atoms with van der Waals surface area (Å²) in [6, 6.07) is 13.5. The van der Waals surface area contributed by atoms with Crippen LogP contribution in [0.3, 0.4) is 0 Å². The molecule has 2 rings (SSSR count). The highest BCUT2D eigenvalue weighted by Gasteiger charge is 2.07. The van der Waals surface area contributed by atoms with E-state index in [9.17, 15) is 4.79 Å². The van der Waals surface area contributed by atoms with Crippen LogP contribution in [0.25, 0.3) is 0 Å².